The number of rotatable bonds is 4. The summed E-state index contributed by atoms with van der Waals surface area (Å²) in [5.74, 6) is -0.983. The smallest absolute Gasteiger partial charge is 0.149 e. The molecule has 1 fully saturated rings. The monoisotopic (exact) mass is 270 g/mol. The number of nitrogens with one attached hydrogen (secondary N) is 1. The van der Waals surface area contributed by atoms with Crippen LogP contribution in [0.3, 0.4) is 0 Å². The molecule has 2 N–H and O–H groups in total. The Morgan fingerprint density at radius 3 is 2.53 bits per heavy atom. The Kier molecular flexibility index (Phi) is 4.37. The Bertz CT molecular complexity index is 428. The molecule has 0 aliphatic carbocycles. The highest BCUT2D eigenvalue weighted by Crippen LogP contribution is 2.31. The van der Waals surface area contributed by atoms with Crippen LogP contribution in [0.5, 0.6) is 0 Å². The molecular formula is C14H20F2N2O. The second-order valence-electron chi connectivity index (χ2n) is 5.17. The van der Waals surface area contributed by atoms with Crippen molar-refractivity contribution >= 4 is 5.69 Å². The molecule has 19 heavy (non-hydrogen) atoms. The molecule has 1 aromatic carbocycles. The minimum atomic E-state index is -0.531. The van der Waals surface area contributed by atoms with Crippen molar-refractivity contribution in [2.24, 2.45) is 5.92 Å². The van der Waals surface area contributed by atoms with Crippen LogP contribution in [-0.4, -0.2) is 31.3 Å². The van der Waals surface area contributed by atoms with E-state index in [0.717, 1.165) is 6.42 Å². The third-order valence-corrected chi connectivity index (χ3v) is 3.68. The van der Waals surface area contributed by atoms with Crippen molar-refractivity contribution in [2.45, 2.75) is 26.0 Å². The maximum Gasteiger partial charge on any atom is 0.149 e. The van der Waals surface area contributed by atoms with E-state index in [1.165, 1.54) is 12.1 Å². The molecule has 106 valence electrons. The van der Waals surface area contributed by atoms with Crippen molar-refractivity contribution < 1.29 is 13.9 Å². The number of anilines is 1. The Hall–Kier alpha value is -1.20. The quantitative estimate of drug-likeness (QED) is 0.877. The first-order valence-electron chi connectivity index (χ1n) is 6.58. The van der Waals surface area contributed by atoms with E-state index >= 15 is 0 Å². The number of benzene rings is 1. The fourth-order valence-electron chi connectivity index (χ4n) is 2.61. The highest BCUT2D eigenvalue weighted by molar-refractivity contribution is 5.51. The first kappa shape index (κ1) is 14.2. The maximum atomic E-state index is 14.0. The van der Waals surface area contributed by atoms with Crippen molar-refractivity contribution in [1.29, 1.82) is 0 Å². The standard InChI is InChI=1S/C14H20F2N2O/c1-9(19)11-3-4-18(8-11)14-12(15)5-10(7-17-2)6-13(14)16/h5-6,9,11,17,19H,3-4,7-8H2,1-2H3. The number of hydrogen-bond donors (Lipinski definition) is 2. The minimum Gasteiger partial charge on any atom is -0.393 e. The zero-order valence-electron chi connectivity index (χ0n) is 11.3. The van der Waals surface area contributed by atoms with Crippen LogP contribution in [-0.2, 0) is 6.54 Å². The molecule has 0 bridgehead atoms. The summed E-state index contributed by atoms with van der Waals surface area (Å²) in [7, 11) is 1.73. The van der Waals surface area contributed by atoms with E-state index in [9.17, 15) is 13.9 Å². The summed E-state index contributed by atoms with van der Waals surface area (Å²) in [5.41, 5.74) is 0.621. The zero-order chi connectivity index (χ0) is 14.0. The fourth-order valence-corrected chi connectivity index (χ4v) is 2.61. The molecule has 1 aliphatic heterocycles. The molecule has 5 heteroatoms. The molecular weight excluding hydrogens is 250 g/mol. The molecule has 0 saturated carbocycles. The number of aliphatic hydroxyl groups is 1. The number of aliphatic hydroxyl groups excluding tert-OH is 1. The first-order valence-corrected chi connectivity index (χ1v) is 6.58. The summed E-state index contributed by atoms with van der Waals surface area (Å²) in [5, 5.41) is 12.4. The number of nitrogens with zero attached hydrogens (tertiary/aromatic N) is 1. The van der Waals surface area contributed by atoms with Crippen molar-refractivity contribution in [1.82, 2.24) is 5.32 Å². The Labute approximate surface area is 112 Å². The molecule has 0 aromatic heterocycles. The second-order valence-corrected chi connectivity index (χ2v) is 5.17. The van der Waals surface area contributed by atoms with Crippen LogP contribution < -0.4 is 10.2 Å². The van der Waals surface area contributed by atoms with Gasteiger partial charge in [-0.25, -0.2) is 8.78 Å². The first-order chi connectivity index (χ1) is 9.02. The van der Waals surface area contributed by atoms with Crippen LogP contribution >= 0.6 is 0 Å². The molecule has 2 atom stereocenters. The lowest BCUT2D eigenvalue weighted by atomic mass is 10.0. The molecule has 3 nitrogen and oxygen atoms in total. The van der Waals surface area contributed by atoms with Crippen molar-refractivity contribution in [3.8, 4) is 0 Å². The second kappa shape index (κ2) is 5.84. The van der Waals surface area contributed by atoms with Crippen molar-refractivity contribution in [3.63, 3.8) is 0 Å². The molecule has 0 spiro atoms. The van der Waals surface area contributed by atoms with Gasteiger partial charge < -0.3 is 15.3 Å². The largest absolute Gasteiger partial charge is 0.393 e. The fraction of sp³-hybridized carbons (Fsp3) is 0.571. The third kappa shape index (κ3) is 3.04. The van der Waals surface area contributed by atoms with Crippen LogP contribution in [0.25, 0.3) is 0 Å². The summed E-state index contributed by atoms with van der Waals surface area (Å²) in [4.78, 5) is 1.69. The zero-order valence-corrected chi connectivity index (χ0v) is 11.3. The van der Waals surface area contributed by atoms with E-state index in [4.69, 9.17) is 0 Å². The van der Waals surface area contributed by atoms with Crippen molar-refractivity contribution in [3.05, 3.63) is 29.3 Å². The molecule has 1 saturated heterocycles. The topological polar surface area (TPSA) is 35.5 Å². The lowest BCUT2D eigenvalue weighted by molar-refractivity contribution is 0.136. The van der Waals surface area contributed by atoms with Gasteiger partial charge >= 0.3 is 0 Å². The van der Waals surface area contributed by atoms with Gasteiger partial charge in [0.05, 0.1) is 6.10 Å². The Balaban J connectivity index is 2.21. The third-order valence-electron chi connectivity index (χ3n) is 3.68. The average molecular weight is 270 g/mol. The van der Waals surface area contributed by atoms with Gasteiger partial charge in [0.15, 0.2) is 0 Å². The summed E-state index contributed by atoms with van der Waals surface area (Å²) < 4.78 is 28.1. The molecule has 0 radical (unpaired) electrons. The Morgan fingerprint density at radius 1 is 1.42 bits per heavy atom. The number of hydrogen-bond acceptors (Lipinski definition) is 3. The van der Waals surface area contributed by atoms with E-state index in [0.29, 0.717) is 25.2 Å². The SMILES string of the molecule is CNCc1cc(F)c(N2CCC(C(C)O)C2)c(F)c1. The van der Waals surface area contributed by atoms with E-state index in [2.05, 4.69) is 5.32 Å². The van der Waals surface area contributed by atoms with Crippen molar-refractivity contribution in [2.75, 3.05) is 25.0 Å². The van der Waals surface area contributed by atoms with Gasteiger partial charge in [-0.3, -0.25) is 0 Å². The predicted molar refractivity (Wildman–Crippen MR) is 71.1 cm³/mol. The number of halogens is 2. The highest BCUT2D eigenvalue weighted by atomic mass is 19.1. The van der Waals surface area contributed by atoms with Crippen LogP contribution in [0.15, 0.2) is 12.1 Å². The molecule has 2 rings (SSSR count). The van der Waals surface area contributed by atoms with Crippen LogP contribution in [0, 0.1) is 17.6 Å². The van der Waals surface area contributed by atoms with E-state index in [1.807, 2.05) is 0 Å². The van der Waals surface area contributed by atoms with Gasteiger partial charge in [0, 0.05) is 25.6 Å². The van der Waals surface area contributed by atoms with Gasteiger partial charge in [0.2, 0.25) is 0 Å². The summed E-state index contributed by atoms with van der Waals surface area (Å²) in [6.45, 7) is 3.23. The van der Waals surface area contributed by atoms with Crippen LogP contribution in [0.1, 0.15) is 18.9 Å². The Morgan fingerprint density at radius 2 is 2.05 bits per heavy atom. The van der Waals surface area contributed by atoms with Gasteiger partial charge in [-0.15, -0.1) is 0 Å². The molecule has 1 heterocycles. The lowest BCUT2D eigenvalue weighted by Crippen LogP contribution is -2.25. The highest BCUT2D eigenvalue weighted by Gasteiger charge is 2.29. The van der Waals surface area contributed by atoms with Gasteiger partial charge in [-0.05, 0) is 38.1 Å². The minimum absolute atomic E-state index is 0.0306. The summed E-state index contributed by atoms with van der Waals surface area (Å²) >= 11 is 0. The van der Waals surface area contributed by atoms with Gasteiger partial charge in [-0.2, -0.15) is 0 Å². The maximum absolute atomic E-state index is 14.0. The predicted octanol–water partition coefficient (Wildman–Crippen LogP) is 1.89. The molecule has 1 aromatic rings. The van der Waals surface area contributed by atoms with E-state index in [-0.39, 0.29) is 11.6 Å². The summed E-state index contributed by atoms with van der Waals surface area (Å²) in [6.07, 6.45) is 0.314. The molecule has 0 amide bonds. The van der Waals surface area contributed by atoms with Gasteiger partial charge in [-0.1, -0.05) is 0 Å². The van der Waals surface area contributed by atoms with Crippen LogP contribution in [0.4, 0.5) is 14.5 Å². The molecule has 1 aliphatic rings. The lowest BCUT2D eigenvalue weighted by Gasteiger charge is -2.21. The average Bonchev–Trinajstić information content (AvgIpc) is 2.78. The van der Waals surface area contributed by atoms with Gasteiger partial charge in [0.25, 0.3) is 0 Å². The normalized spacial score (nSPS) is 20.9. The van der Waals surface area contributed by atoms with E-state index < -0.39 is 17.7 Å². The molecule has 2 unspecified atom stereocenters. The summed E-state index contributed by atoms with van der Waals surface area (Å²) in [6, 6.07) is 2.73. The van der Waals surface area contributed by atoms with Gasteiger partial charge in [0.1, 0.15) is 17.3 Å². The van der Waals surface area contributed by atoms with E-state index in [1.54, 1.807) is 18.9 Å². The van der Waals surface area contributed by atoms with Crippen LogP contribution in [0.2, 0.25) is 0 Å².